The molecule has 8 heteroatoms. The van der Waals surface area contributed by atoms with E-state index in [4.69, 9.17) is 11.6 Å². The van der Waals surface area contributed by atoms with E-state index in [0.717, 1.165) is 9.37 Å². The molecular weight excluding hydrogens is 412 g/mol. The van der Waals surface area contributed by atoms with Crippen LogP contribution in [0.15, 0.2) is 58.4 Å². The number of amides is 1. The lowest BCUT2D eigenvalue weighted by atomic mass is 10.2. The first-order valence-corrected chi connectivity index (χ1v) is 9.27. The molecule has 0 aliphatic rings. The van der Waals surface area contributed by atoms with Gasteiger partial charge in [-0.15, -0.1) is 11.8 Å². The molecule has 0 atom stereocenters. The standard InChI is InChI=1S/C16H12BrClN4OS/c1-24-11-3-4-13(18)12(7-11)16(23)21-14-6-10(17)2-5-15(14)22-9-19-8-20-22/h2-9H,1H3,(H,21,23). The number of nitrogens with zero attached hydrogens (tertiary/aromatic N) is 3. The average Bonchev–Trinajstić information content (AvgIpc) is 3.09. The Bertz CT molecular complexity index is 886. The summed E-state index contributed by atoms with van der Waals surface area (Å²) in [5.41, 5.74) is 1.74. The van der Waals surface area contributed by atoms with Crippen molar-refractivity contribution >= 4 is 50.9 Å². The highest BCUT2D eigenvalue weighted by Crippen LogP contribution is 2.27. The molecule has 24 heavy (non-hydrogen) atoms. The van der Waals surface area contributed by atoms with Gasteiger partial charge in [-0.25, -0.2) is 9.67 Å². The Morgan fingerprint density at radius 2 is 2.12 bits per heavy atom. The van der Waals surface area contributed by atoms with Gasteiger partial charge in [-0.1, -0.05) is 27.5 Å². The Kier molecular flexibility index (Phi) is 5.23. The van der Waals surface area contributed by atoms with Crippen molar-refractivity contribution in [3.63, 3.8) is 0 Å². The predicted octanol–water partition coefficient (Wildman–Crippen LogP) is 4.66. The highest BCUT2D eigenvalue weighted by atomic mass is 79.9. The predicted molar refractivity (Wildman–Crippen MR) is 100 cm³/mol. The highest BCUT2D eigenvalue weighted by Gasteiger charge is 2.15. The molecule has 0 bridgehead atoms. The molecule has 1 heterocycles. The molecule has 3 aromatic rings. The number of aromatic nitrogens is 3. The third-order valence-electron chi connectivity index (χ3n) is 3.29. The molecule has 0 aliphatic carbocycles. The van der Waals surface area contributed by atoms with Crippen LogP contribution in [0.3, 0.4) is 0 Å². The second kappa shape index (κ2) is 7.38. The monoisotopic (exact) mass is 422 g/mol. The maximum atomic E-state index is 12.7. The van der Waals surface area contributed by atoms with Gasteiger partial charge < -0.3 is 5.32 Å². The van der Waals surface area contributed by atoms with Crippen LogP contribution >= 0.6 is 39.3 Å². The van der Waals surface area contributed by atoms with Crippen molar-refractivity contribution in [2.45, 2.75) is 4.90 Å². The van der Waals surface area contributed by atoms with Crippen LogP contribution in [0.25, 0.3) is 5.69 Å². The van der Waals surface area contributed by atoms with Gasteiger partial charge in [0.15, 0.2) is 0 Å². The second-order valence-corrected chi connectivity index (χ2v) is 7.00. The van der Waals surface area contributed by atoms with Crippen LogP contribution in [0, 0.1) is 0 Å². The third kappa shape index (κ3) is 3.63. The van der Waals surface area contributed by atoms with E-state index in [1.54, 1.807) is 41.0 Å². The number of halogens is 2. The molecule has 0 unspecified atom stereocenters. The fraction of sp³-hybridized carbons (Fsp3) is 0.0625. The molecule has 0 saturated heterocycles. The minimum atomic E-state index is -0.282. The van der Waals surface area contributed by atoms with Crippen molar-refractivity contribution in [1.82, 2.24) is 14.8 Å². The van der Waals surface area contributed by atoms with E-state index in [9.17, 15) is 4.79 Å². The fourth-order valence-corrected chi connectivity index (χ4v) is 3.14. The quantitative estimate of drug-likeness (QED) is 0.620. The van der Waals surface area contributed by atoms with Crippen molar-refractivity contribution in [1.29, 1.82) is 0 Å². The second-order valence-electron chi connectivity index (χ2n) is 4.80. The summed E-state index contributed by atoms with van der Waals surface area (Å²) in [6.07, 6.45) is 4.95. The zero-order valence-electron chi connectivity index (χ0n) is 12.5. The Morgan fingerprint density at radius 3 is 2.83 bits per heavy atom. The number of carbonyl (C=O) groups is 1. The molecule has 0 radical (unpaired) electrons. The number of rotatable bonds is 4. The lowest BCUT2D eigenvalue weighted by molar-refractivity contribution is 0.102. The molecular formula is C16H12BrClN4OS. The SMILES string of the molecule is CSc1ccc(Cl)c(C(=O)Nc2cc(Br)ccc2-n2cncn2)c1. The van der Waals surface area contributed by atoms with Gasteiger partial charge in [0.05, 0.1) is 22.0 Å². The van der Waals surface area contributed by atoms with Gasteiger partial charge in [-0.05, 0) is 42.7 Å². The first-order chi connectivity index (χ1) is 11.6. The van der Waals surface area contributed by atoms with E-state index in [1.807, 2.05) is 24.5 Å². The van der Waals surface area contributed by atoms with Gasteiger partial charge in [0.25, 0.3) is 5.91 Å². The summed E-state index contributed by atoms with van der Waals surface area (Å²) >= 11 is 11.1. The zero-order valence-corrected chi connectivity index (χ0v) is 15.7. The minimum absolute atomic E-state index is 0.282. The zero-order chi connectivity index (χ0) is 17.1. The summed E-state index contributed by atoms with van der Waals surface area (Å²) in [4.78, 5) is 17.6. The summed E-state index contributed by atoms with van der Waals surface area (Å²) in [7, 11) is 0. The number of benzene rings is 2. The molecule has 122 valence electrons. The topological polar surface area (TPSA) is 59.8 Å². The molecule has 1 amide bonds. The van der Waals surface area contributed by atoms with Crippen molar-refractivity contribution < 1.29 is 4.79 Å². The van der Waals surface area contributed by atoms with Gasteiger partial charge in [-0.3, -0.25) is 4.79 Å². The molecule has 1 N–H and O–H groups in total. The van der Waals surface area contributed by atoms with Crippen molar-refractivity contribution in [3.05, 3.63) is 64.1 Å². The summed E-state index contributed by atoms with van der Waals surface area (Å²) < 4.78 is 2.42. The van der Waals surface area contributed by atoms with E-state index in [0.29, 0.717) is 22.0 Å². The maximum Gasteiger partial charge on any atom is 0.257 e. The average molecular weight is 424 g/mol. The lowest BCUT2D eigenvalue weighted by Gasteiger charge is -2.12. The Hall–Kier alpha value is -1.83. The molecule has 2 aromatic carbocycles. The number of hydrogen-bond acceptors (Lipinski definition) is 4. The first-order valence-electron chi connectivity index (χ1n) is 6.88. The van der Waals surface area contributed by atoms with Crippen molar-refractivity contribution in [3.8, 4) is 5.69 Å². The number of anilines is 1. The third-order valence-corrected chi connectivity index (χ3v) is 4.84. The number of carbonyl (C=O) groups excluding carboxylic acids is 1. The molecule has 5 nitrogen and oxygen atoms in total. The molecule has 0 saturated carbocycles. The van der Waals surface area contributed by atoms with Crippen LogP contribution in [0.4, 0.5) is 5.69 Å². The normalized spacial score (nSPS) is 10.6. The molecule has 0 aliphatic heterocycles. The summed E-state index contributed by atoms with van der Waals surface area (Å²) in [6, 6.07) is 10.9. The lowest BCUT2D eigenvalue weighted by Crippen LogP contribution is -2.14. The smallest absolute Gasteiger partial charge is 0.257 e. The van der Waals surface area contributed by atoms with E-state index < -0.39 is 0 Å². The van der Waals surface area contributed by atoms with Gasteiger partial charge in [0.1, 0.15) is 12.7 Å². The van der Waals surface area contributed by atoms with Crippen LogP contribution in [-0.4, -0.2) is 26.9 Å². The van der Waals surface area contributed by atoms with Crippen LogP contribution in [-0.2, 0) is 0 Å². The van der Waals surface area contributed by atoms with Crippen LogP contribution < -0.4 is 5.32 Å². The maximum absolute atomic E-state index is 12.7. The molecule has 0 fully saturated rings. The first kappa shape index (κ1) is 17.0. The Labute approximate surface area is 156 Å². The van der Waals surface area contributed by atoms with E-state index >= 15 is 0 Å². The number of hydrogen-bond donors (Lipinski definition) is 1. The summed E-state index contributed by atoms with van der Waals surface area (Å²) in [5.74, 6) is -0.282. The summed E-state index contributed by atoms with van der Waals surface area (Å²) in [6.45, 7) is 0. The molecule has 1 aromatic heterocycles. The van der Waals surface area contributed by atoms with Crippen LogP contribution in [0.1, 0.15) is 10.4 Å². The van der Waals surface area contributed by atoms with Gasteiger partial charge in [0, 0.05) is 9.37 Å². The fourth-order valence-electron chi connectivity index (χ4n) is 2.14. The van der Waals surface area contributed by atoms with E-state index in [1.165, 1.54) is 6.33 Å². The van der Waals surface area contributed by atoms with Crippen LogP contribution in [0.2, 0.25) is 5.02 Å². The number of nitrogens with one attached hydrogen (secondary N) is 1. The van der Waals surface area contributed by atoms with Gasteiger partial charge >= 0.3 is 0 Å². The van der Waals surface area contributed by atoms with Gasteiger partial charge in [-0.2, -0.15) is 5.10 Å². The minimum Gasteiger partial charge on any atom is -0.320 e. The molecule has 0 spiro atoms. The van der Waals surface area contributed by atoms with E-state index in [2.05, 4.69) is 31.3 Å². The van der Waals surface area contributed by atoms with Crippen molar-refractivity contribution in [2.24, 2.45) is 0 Å². The van der Waals surface area contributed by atoms with Crippen LogP contribution in [0.5, 0.6) is 0 Å². The van der Waals surface area contributed by atoms with Gasteiger partial charge in [0.2, 0.25) is 0 Å². The highest BCUT2D eigenvalue weighted by molar-refractivity contribution is 9.10. The number of thioether (sulfide) groups is 1. The Morgan fingerprint density at radius 1 is 1.29 bits per heavy atom. The van der Waals surface area contributed by atoms with Crippen molar-refractivity contribution in [2.75, 3.05) is 11.6 Å². The van der Waals surface area contributed by atoms with E-state index in [-0.39, 0.29) is 5.91 Å². The Balaban J connectivity index is 1.97. The summed E-state index contributed by atoms with van der Waals surface area (Å²) in [5, 5.41) is 7.41. The molecule has 3 rings (SSSR count). The largest absolute Gasteiger partial charge is 0.320 e.